The maximum atomic E-state index is 12.5. The smallest absolute Gasteiger partial charge is 0.257 e. The summed E-state index contributed by atoms with van der Waals surface area (Å²) in [7, 11) is 0. The van der Waals surface area contributed by atoms with Gasteiger partial charge in [-0.15, -0.1) is 0 Å². The average molecular weight is 336 g/mol. The first-order chi connectivity index (χ1) is 10.6. The summed E-state index contributed by atoms with van der Waals surface area (Å²) in [6.07, 6.45) is 0. The number of hydrogen-bond donors (Lipinski definition) is 0. The Bertz CT molecular complexity index is 670. The Hall–Kier alpha value is -1.78. The molecule has 22 heavy (non-hydrogen) atoms. The first-order valence-corrected chi connectivity index (χ1v) is 7.82. The number of carbonyl (C=O) groups is 1. The molecule has 2 heterocycles. The van der Waals surface area contributed by atoms with Crippen molar-refractivity contribution in [2.45, 2.75) is 0 Å². The van der Waals surface area contributed by atoms with Crippen molar-refractivity contribution in [2.75, 3.05) is 31.1 Å². The molecule has 1 fully saturated rings. The maximum absolute atomic E-state index is 12.5. The van der Waals surface area contributed by atoms with Crippen molar-refractivity contribution in [3.8, 4) is 0 Å². The molecule has 0 N–H and O–H groups in total. The fourth-order valence-electron chi connectivity index (χ4n) is 2.55. The molecule has 0 bridgehead atoms. The summed E-state index contributed by atoms with van der Waals surface area (Å²) in [4.78, 5) is 20.5. The Morgan fingerprint density at radius 2 is 1.64 bits per heavy atom. The third-order valence-corrected chi connectivity index (χ3v) is 4.23. The van der Waals surface area contributed by atoms with E-state index in [4.69, 9.17) is 23.2 Å². The molecule has 0 radical (unpaired) electrons. The van der Waals surface area contributed by atoms with Crippen LogP contribution < -0.4 is 4.90 Å². The topological polar surface area (TPSA) is 36.4 Å². The molecule has 1 aromatic heterocycles. The Morgan fingerprint density at radius 3 is 2.27 bits per heavy atom. The normalized spacial score (nSPS) is 15.0. The summed E-state index contributed by atoms with van der Waals surface area (Å²) < 4.78 is 0. The van der Waals surface area contributed by atoms with Gasteiger partial charge in [0.05, 0.1) is 5.56 Å². The number of aromatic nitrogens is 1. The van der Waals surface area contributed by atoms with E-state index >= 15 is 0 Å². The van der Waals surface area contributed by atoms with Crippen LogP contribution >= 0.6 is 23.2 Å². The molecule has 1 aromatic carbocycles. The SMILES string of the molecule is O=C(c1ccc(Cl)nc1Cl)N1CCN(c2ccccc2)CC1. The number of carbonyl (C=O) groups excluding carboxylic acids is 1. The number of pyridine rings is 1. The van der Waals surface area contributed by atoms with Crippen molar-refractivity contribution in [3.63, 3.8) is 0 Å². The molecular weight excluding hydrogens is 321 g/mol. The number of hydrogen-bond acceptors (Lipinski definition) is 3. The molecule has 114 valence electrons. The van der Waals surface area contributed by atoms with Gasteiger partial charge in [0.25, 0.3) is 5.91 Å². The van der Waals surface area contributed by atoms with Crippen LogP contribution in [-0.2, 0) is 0 Å². The van der Waals surface area contributed by atoms with Crippen LogP contribution in [0.4, 0.5) is 5.69 Å². The lowest BCUT2D eigenvalue weighted by Gasteiger charge is -2.36. The van der Waals surface area contributed by atoms with E-state index in [-0.39, 0.29) is 16.2 Å². The van der Waals surface area contributed by atoms with Crippen LogP contribution in [0.5, 0.6) is 0 Å². The van der Waals surface area contributed by atoms with Gasteiger partial charge in [0.1, 0.15) is 10.3 Å². The van der Waals surface area contributed by atoms with Crippen molar-refractivity contribution in [1.29, 1.82) is 0 Å². The highest BCUT2D eigenvalue weighted by atomic mass is 35.5. The minimum Gasteiger partial charge on any atom is -0.368 e. The third kappa shape index (κ3) is 3.18. The fraction of sp³-hybridized carbons (Fsp3) is 0.250. The molecule has 1 aliphatic rings. The van der Waals surface area contributed by atoms with Gasteiger partial charge in [0, 0.05) is 31.9 Å². The van der Waals surface area contributed by atoms with Crippen LogP contribution in [0.15, 0.2) is 42.5 Å². The highest BCUT2D eigenvalue weighted by Gasteiger charge is 2.24. The van der Waals surface area contributed by atoms with Crippen LogP contribution in [0, 0.1) is 0 Å². The van der Waals surface area contributed by atoms with Crippen molar-refractivity contribution < 1.29 is 4.79 Å². The van der Waals surface area contributed by atoms with Gasteiger partial charge in [-0.25, -0.2) is 4.98 Å². The summed E-state index contributed by atoms with van der Waals surface area (Å²) in [5.74, 6) is -0.0955. The standard InChI is InChI=1S/C16H15Cl2N3O/c17-14-7-6-13(15(18)19-14)16(22)21-10-8-20(9-11-21)12-4-2-1-3-5-12/h1-7H,8-11H2. The molecule has 1 amide bonds. The summed E-state index contributed by atoms with van der Waals surface area (Å²) in [6.45, 7) is 2.92. The highest BCUT2D eigenvalue weighted by molar-refractivity contribution is 6.34. The van der Waals surface area contributed by atoms with Gasteiger partial charge in [0.15, 0.2) is 0 Å². The van der Waals surface area contributed by atoms with Crippen molar-refractivity contribution in [1.82, 2.24) is 9.88 Å². The van der Waals surface area contributed by atoms with Crippen molar-refractivity contribution in [2.24, 2.45) is 0 Å². The third-order valence-electron chi connectivity index (χ3n) is 3.73. The molecule has 0 atom stereocenters. The Labute approximate surface area is 139 Å². The monoisotopic (exact) mass is 335 g/mol. The lowest BCUT2D eigenvalue weighted by Crippen LogP contribution is -2.48. The highest BCUT2D eigenvalue weighted by Crippen LogP contribution is 2.21. The molecule has 3 rings (SSSR count). The van der Waals surface area contributed by atoms with Gasteiger partial charge in [-0.05, 0) is 24.3 Å². The molecule has 0 unspecified atom stereocenters. The molecule has 0 spiro atoms. The number of piperazine rings is 1. The van der Waals surface area contributed by atoms with Gasteiger partial charge in [-0.1, -0.05) is 41.4 Å². The van der Waals surface area contributed by atoms with Gasteiger partial charge in [-0.3, -0.25) is 4.79 Å². The second-order valence-corrected chi connectivity index (χ2v) is 5.83. The summed E-state index contributed by atoms with van der Waals surface area (Å²) in [6, 6.07) is 13.4. The lowest BCUT2D eigenvalue weighted by molar-refractivity contribution is 0.0746. The van der Waals surface area contributed by atoms with E-state index in [1.54, 1.807) is 17.0 Å². The first kappa shape index (κ1) is 15.1. The number of para-hydroxylation sites is 1. The van der Waals surface area contributed by atoms with Crippen LogP contribution in [0.1, 0.15) is 10.4 Å². The van der Waals surface area contributed by atoms with Crippen LogP contribution in [0.25, 0.3) is 0 Å². The molecule has 4 nitrogen and oxygen atoms in total. The van der Waals surface area contributed by atoms with Gasteiger partial charge >= 0.3 is 0 Å². The second kappa shape index (κ2) is 6.55. The number of nitrogens with zero attached hydrogens (tertiary/aromatic N) is 3. The van der Waals surface area contributed by atoms with Crippen molar-refractivity contribution >= 4 is 34.8 Å². The van der Waals surface area contributed by atoms with Crippen LogP contribution in [0.2, 0.25) is 10.3 Å². The fourth-order valence-corrected chi connectivity index (χ4v) is 2.97. The summed E-state index contributed by atoms with van der Waals surface area (Å²) >= 11 is 11.8. The zero-order valence-electron chi connectivity index (χ0n) is 11.9. The van der Waals surface area contributed by atoms with Gasteiger partial charge < -0.3 is 9.80 Å². The van der Waals surface area contributed by atoms with E-state index in [1.165, 1.54) is 5.69 Å². The molecule has 0 saturated carbocycles. The van der Waals surface area contributed by atoms with E-state index in [9.17, 15) is 4.79 Å². The predicted octanol–water partition coefficient (Wildman–Crippen LogP) is 3.35. The molecule has 1 saturated heterocycles. The second-order valence-electron chi connectivity index (χ2n) is 5.09. The van der Waals surface area contributed by atoms with E-state index in [2.05, 4.69) is 22.0 Å². The number of anilines is 1. The molecule has 0 aliphatic carbocycles. The van der Waals surface area contributed by atoms with E-state index in [1.807, 2.05) is 18.2 Å². The zero-order valence-corrected chi connectivity index (χ0v) is 13.4. The maximum Gasteiger partial charge on any atom is 0.257 e. The molecule has 1 aliphatic heterocycles. The van der Waals surface area contributed by atoms with E-state index in [0.717, 1.165) is 13.1 Å². The minimum atomic E-state index is -0.0955. The van der Waals surface area contributed by atoms with Gasteiger partial charge in [-0.2, -0.15) is 0 Å². The lowest BCUT2D eigenvalue weighted by atomic mass is 10.2. The van der Waals surface area contributed by atoms with E-state index in [0.29, 0.717) is 18.7 Å². The number of halogens is 2. The average Bonchev–Trinajstić information content (AvgIpc) is 2.55. The molecule has 6 heteroatoms. The first-order valence-electron chi connectivity index (χ1n) is 7.06. The Kier molecular flexibility index (Phi) is 4.50. The summed E-state index contributed by atoms with van der Waals surface area (Å²) in [5.41, 5.74) is 1.58. The Morgan fingerprint density at radius 1 is 0.955 bits per heavy atom. The van der Waals surface area contributed by atoms with Crippen molar-refractivity contribution in [3.05, 3.63) is 58.3 Å². The Balaban J connectivity index is 1.67. The summed E-state index contributed by atoms with van der Waals surface area (Å²) in [5, 5.41) is 0.443. The predicted molar refractivity (Wildman–Crippen MR) is 88.8 cm³/mol. The number of rotatable bonds is 2. The minimum absolute atomic E-state index is 0.0955. The number of amides is 1. The molecule has 2 aromatic rings. The van der Waals surface area contributed by atoms with Crippen LogP contribution in [0.3, 0.4) is 0 Å². The van der Waals surface area contributed by atoms with Gasteiger partial charge in [0.2, 0.25) is 0 Å². The van der Waals surface area contributed by atoms with Crippen LogP contribution in [-0.4, -0.2) is 42.0 Å². The quantitative estimate of drug-likeness (QED) is 0.789. The van der Waals surface area contributed by atoms with E-state index < -0.39 is 0 Å². The largest absolute Gasteiger partial charge is 0.368 e. The zero-order chi connectivity index (χ0) is 15.5. The number of benzene rings is 1. The molecular formula is C16H15Cl2N3O.